The second kappa shape index (κ2) is 8.89. The molecule has 0 radical (unpaired) electrons. The van der Waals surface area contributed by atoms with Crippen molar-refractivity contribution in [3.8, 4) is 10.6 Å². The third kappa shape index (κ3) is 4.92. The second-order valence-electron chi connectivity index (χ2n) is 6.39. The van der Waals surface area contributed by atoms with Crippen molar-refractivity contribution in [1.82, 2.24) is 19.7 Å². The molecule has 1 amide bonds. The Morgan fingerprint density at radius 2 is 1.97 bits per heavy atom. The molecule has 148 valence electrons. The van der Waals surface area contributed by atoms with Crippen LogP contribution >= 0.6 is 34.4 Å². The number of hydrogen-bond donors (Lipinski definition) is 1. The number of rotatable bonds is 7. The van der Waals surface area contributed by atoms with E-state index in [1.54, 1.807) is 11.3 Å². The van der Waals surface area contributed by atoms with Crippen LogP contribution in [0.1, 0.15) is 16.3 Å². The molecule has 1 N–H and O–H groups in total. The van der Waals surface area contributed by atoms with E-state index in [1.165, 1.54) is 33.5 Å². The van der Waals surface area contributed by atoms with Gasteiger partial charge in [0.05, 0.1) is 22.9 Å². The van der Waals surface area contributed by atoms with Crippen molar-refractivity contribution in [3.63, 3.8) is 0 Å². The van der Waals surface area contributed by atoms with E-state index >= 15 is 0 Å². The lowest BCUT2D eigenvalue weighted by Gasteiger charge is -2.08. The number of aryl methyl sites for hydroxylation is 2. The molecule has 0 fully saturated rings. The monoisotopic (exact) mass is 441 g/mol. The molecule has 4 aromatic rings. The number of amides is 1. The quantitative estimate of drug-likeness (QED) is 0.415. The zero-order chi connectivity index (χ0) is 20.2. The van der Waals surface area contributed by atoms with Crippen molar-refractivity contribution in [2.75, 3.05) is 11.1 Å². The van der Waals surface area contributed by atoms with Crippen LogP contribution < -0.4 is 5.32 Å². The Labute approximate surface area is 181 Å². The number of thiophene rings is 1. The van der Waals surface area contributed by atoms with Crippen molar-refractivity contribution in [2.24, 2.45) is 0 Å². The standard InChI is InChI=1S/C20H19N5OS3/c1-13-8-9-17(29-13)16-11-27-19(21-16)22-18(26)12-28-20-24-23-14(2)25(20)10-15-6-4-3-5-7-15/h3-9,11H,10,12H2,1-2H3,(H,21,22,26). The van der Waals surface area contributed by atoms with Gasteiger partial charge in [0.15, 0.2) is 10.3 Å². The minimum Gasteiger partial charge on any atom is -0.302 e. The van der Waals surface area contributed by atoms with Crippen molar-refractivity contribution in [1.29, 1.82) is 0 Å². The molecule has 0 atom stereocenters. The van der Waals surface area contributed by atoms with Gasteiger partial charge in [0.2, 0.25) is 5.91 Å². The van der Waals surface area contributed by atoms with Gasteiger partial charge in [0.1, 0.15) is 5.82 Å². The number of anilines is 1. The summed E-state index contributed by atoms with van der Waals surface area (Å²) in [5, 5.41) is 14.6. The molecule has 0 aliphatic heterocycles. The normalized spacial score (nSPS) is 11.0. The third-order valence-corrected chi connectivity index (χ3v) is 6.91. The van der Waals surface area contributed by atoms with Gasteiger partial charge >= 0.3 is 0 Å². The van der Waals surface area contributed by atoms with E-state index in [0.717, 1.165) is 21.6 Å². The third-order valence-electron chi connectivity index (χ3n) is 4.16. The minimum atomic E-state index is -0.106. The van der Waals surface area contributed by atoms with Gasteiger partial charge in [0, 0.05) is 10.3 Å². The van der Waals surface area contributed by atoms with Crippen LogP contribution in [-0.4, -0.2) is 31.4 Å². The van der Waals surface area contributed by atoms with Crippen molar-refractivity contribution >= 4 is 45.5 Å². The molecule has 0 bridgehead atoms. The summed E-state index contributed by atoms with van der Waals surface area (Å²) in [6, 6.07) is 14.3. The molecule has 0 saturated heterocycles. The minimum absolute atomic E-state index is 0.106. The van der Waals surface area contributed by atoms with Gasteiger partial charge in [-0.1, -0.05) is 42.1 Å². The van der Waals surface area contributed by atoms with Gasteiger partial charge in [0.25, 0.3) is 0 Å². The van der Waals surface area contributed by atoms with E-state index in [0.29, 0.717) is 11.7 Å². The van der Waals surface area contributed by atoms with Crippen LogP contribution in [0.4, 0.5) is 5.13 Å². The van der Waals surface area contributed by atoms with E-state index < -0.39 is 0 Å². The van der Waals surface area contributed by atoms with Gasteiger partial charge in [-0.25, -0.2) is 4.98 Å². The summed E-state index contributed by atoms with van der Waals surface area (Å²) in [7, 11) is 0. The van der Waals surface area contributed by atoms with Crippen LogP contribution in [0.15, 0.2) is 53.0 Å². The molecule has 6 nitrogen and oxygen atoms in total. The fourth-order valence-electron chi connectivity index (χ4n) is 2.72. The van der Waals surface area contributed by atoms with Crippen LogP contribution in [0.5, 0.6) is 0 Å². The molecule has 3 aromatic heterocycles. The molecule has 0 unspecified atom stereocenters. The van der Waals surface area contributed by atoms with Crippen molar-refractivity contribution in [2.45, 2.75) is 25.5 Å². The Kier molecular flexibility index (Phi) is 6.08. The number of thiazole rings is 1. The average Bonchev–Trinajstić information content (AvgIpc) is 3.43. The van der Waals surface area contributed by atoms with E-state index in [4.69, 9.17) is 0 Å². The zero-order valence-electron chi connectivity index (χ0n) is 16.0. The van der Waals surface area contributed by atoms with E-state index in [2.05, 4.69) is 51.7 Å². The fourth-order valence-corrected chi connectivity index (χ4v) is 5.13. The number of carbonyl (C=O) groups is 1. The largest absolute Gasteiger partial charge is 0.302 e. The molecule has 0 aliphatic carbocycles. The van der Waals surface area contributed by atoms with Crippen LogP contribution in [0, 0.1) is 13.8 Å². The van der Waals surface area contributed by atoms with Crippen LogP contribution in [0.2, 0.25) is 0 Å². The maximum Gasteiger partial charge on any atom is 0.236 e. The Bertz CT molecular complexity index is 1120. The molecule has 9 heteroatoms. The van der Waals surface area contributed by atoms with Gasteiger partial charge < -0.3 is 9.88 Å². The Morgan fingerprint density at radius 1 is 1.14 bits per heavy atom. The lowest BCUT2D eigenvalue weighted by atomic mass is 10.2. The van der Waals surface area contributed by atoms with Crippen LogP contribution in [0.3, 0.4) is 0 Å². The smallest absolute Gasteiger partial charge is 0.236 e. The maximum atomic E-state index is 12.4. The summed E-state index contributed by atoms with van der Waals surface area (Å²) in [5.41, 5.74) is 2.06. The van der Waals surface area contributed by atoms with E-state index in [9.17, 15) is 4.79 Å². The van der Waals surface area contributed by atoms with Gasteiger partial charge in [-0.2, -0.15) is 0 Å². The summed E-state index contributed by atoms with van der Waals surface area (Å²) in [6.45, 7) is 4.67. The zero-order valence-corrected chi connectivity index (χ0v) is 18.4. The highest BCUT2D eigenvalue weighted by Crippen LogP contribution is 2.30. The first-order valence-electron chi connectivity index (χ1n) is 8.97. The first-order chi connectivity index (χ1) is 14.1. The number of hydrogen-bond acceptors (Lipinski definition) is 7. The summed E-state index contributed by atoms with van der Waals surface area (Å²) < 4.78 is 2.02. The highest BCUT2D eigenvalue weighted by Gasteiger charge is 2.14. The highest BCUT2D eigenvalue weighted by molar-refractivity contribution is 7.99. The summed E-state index contributed by atoms with van der Waals surface area (Å²) in [6.07, 6.45) is 0. The Hall–Kier alpha value is -2.49. The number of nitrogens with zero attached hydrogens (tertiary/aromatic N) is 4. The SMILES string of the molecule is Cc1ccc(-c2csc(NC(=O)CSc3nnc(C)n3Cc3ccccc3)n2)s1. The fraction of sp³-hybridized carbons (Fsp3) is 0.200. The lowest BCUT2D eigenvalue weighted by Crippen LogP contribution is -2.14. The molecule has 0 aliphatic rings. The maximum absolute atomic E-state index is 12.4. The topological polar surface area (TPSA) is 72.7 Å². The molecular formula is C20H19N5OS3. The first-order valence-corrected chi connectivity index (χ1v) is 11.7. The number of benzene rings is 1. The van der Waals surface area contributed by atoms with Gasteiger partial charge in [-0.15, -0.1) is 32.9 Å². The number of aromatic nitrogens is 4. The van der Waals surface area contributed by atoms with Crippen LogP contribution in [0.25, 0.3) is 10.6 Å². The molecule has 1 aromatic carbocycles. The molecule has 0 saturated carbocycles. The lowest BCUT2D eigenvalue weighted by molar-refractivity contribution is -0.113. The van der Waals surface area contributed by atoms with Crippen molar-refractivity contribution in [3.05, 3.63) is 64.1 Å². The van der Waals surface area contributed by atoms with Crippen LogP contribution in [-0.2, 0) is 11.3 Å². The Balaban J connectivity index is 1.36. The first kappa shape index (κ1) is 19.8. The highest BCUT2D eigenvalue weighted by atomic mass is 32.2. The molecular weight excluding hydrogens is 422 g/mol. The molecule has 4 rings (SSSR count). The van der Waals surface area contributed by atoms with E-state index in [1.807, 2.05) is 35.1 Å². The van der Waals surface area contributed by atoms with E-state index in [-0.39, 0.29) is 11.7 Å². The number of carbonyl (C=O) groups excluding carboxylic acids is 1. The summed E-state index contributed by atoms with van der Waals surface area (Å²) in [4.78, 5) is 19.3. The Morgan fingerprint density at radius 3 is 2.72 bits per heavy atom. The number of nitrogens with one attached hydrogen (secondary N) is 1. The predicted molar refractivity (Wildman–Crippen MR) is 120 cm³/mol. The van der Waals surface area contributed by atoms with Gasteiger partial charge in [-0.3, -0.25) is 4.79 Å². The second-order valence-corrected chi connectivity index (χ2v) is 9.48. The summed E-state index contributed by atoms with van der Waals surface area (Å²) >= 11 is 4.51. The number of thioether (sulfide) groups is 1. The molecule has 3 heterocycles. The van der Waals surface area contributed by atoms with Crippen molar-refractivity contribution < 1.29 is 4.79 Å². The summed E-state index contributed by atoms with van der Waals surface area (Å²) in [5.74, 6) is 0.970. The molecule has 0 spiro atoms. The average molecular weight is 442 g/mol. The predicted octanol–water partition coefficient (Wildman–Crippen LogP) is 4.86. The van der Waals surface area contributed by atoms with Gasteiger partial charge in [-0.05, 0) is 31.5 Å². The molecule has 29 heavy (non-hydrogen) atoms.